The van der Waals surface area contributed by atoms with Gasteiger partial charge in [-0.15, -0.1) is 0 Å². The average Bonchev–Trinajstić information content (AvgIpc) is 3.04. The molecule has 0 radical (unpaired) electrons. The molecule has 140 valence electrons. The van der Waals surface area contributed by atoms with Crippen LogP contribution in [0, 0.1) is 5.92 Å². The fourth-order valence-electron chi connectivity index (χ4n) is 3.35. The van der Waals surface area contributed by atoms with Crippen LogP contribution < -0.4 is 10.6 Å². The summed E-state index contributed by atoms with van der Waals surface area (Å²) in [7, 11) is 0. The monoisotopic (exact) mass is 364 g/mol. The molecule has 0 aromatic carbocycles. The quantitative estimate of drug-likeness (QED) is 0.620. The molecule has 2 N–H and O–H groups in total. The number of hydrogen-bond acceptors (Lipinski definition) is 4. The number of hydrogen-bond donors (Lipinski definition) is 2. The third-order valence-electron chi connectivity index (χ3n) is 4.92. The van der Waals surface area contributed by atoms with Gasteiger partial charge >= 0.3 is 0 Å². The molecule has 1 fully saturated rings. The molecule has 6 nitrogen and oxygen atoms in total. The molecule has 0 amide bonds. The molecule has 25 heavy (non-hydrogen) atoms. The Bertz CT molecular complexity index is 576. The number of thioether (sulfide) groups is 1. The molecule has 0 spiro atoms. The van der Waals surface area contributed by atoms with Crippen LogP contribution in [-0.4, -0.2) is 51.4 Å². The van der Waals surface area contributed by atoms with Gasteiger partial charge in [-0.3, -0.25) is 4.99 Å². The van der Waals surface area contributed by atoms with E-state index in [2.05, 4.69) is 57.9 Å². The maximum atomic E-state index is 4.86. The summed E-state index contributed by atoms with van der Waals surface area (Å²) < 4.78 is 2.08. The van der Waals surface area contributed by atoms with Crippen molar-refractivity contribution in [3.63, 3.8) is 0 Å². The van der Waals surface area contributed by atoms with Gasteiger partial charge in [0.1, 0.15) is 5.82 Å². The van der Waals surface area contributed by atoms with Gasteiger partial charge in [0.2, 0.25) is 0 Å². The Morgan fingerprint density at radius 1 is 1.32 bits per heavy atom. The molecular formula is C18H32N6S. The van der Waals surface area contributed by atoms with Gasteiger partial charge in [0.15, 0.2) is 11.8 Å². The number of fused-ring (bicyclic) bond motifs is 1. The largest absolute Gasteiger partial charge is 0.357 e. The van der Waals surface area contributed by atoms with E-state index in [1.165, 1.54) is 24.3 Å². The van der Waals surface area contributed by atoms with E-state index in [4.69, 9.17) is 4.99 Å². The molecule has 1 aromatic rings. The summed E-state index contributed by atoms with van der Waals surface area (Å²) in [5.41, 5.74) is 0. The van der Waals surface area contributed by atoms with Crippen LogP contribution in [0.3, 0.4) is 0 Å². The third-order valence-corrected chi connectivity index (χ3v) is 5.97. The number of aryl methyl sites for hydroxylation is 1. The highest BCUT2D eigenvalue weighted by Gasteiger charge is 2.23. The SMILES string of the molecule is CCNC(=NCC1CCSCC1)NC1CCc2nc(C(C)C)nn2C1. The second-order valence-electron chi connectivity index (χ2n) is 7.38. The highest BCUT2D eigenvalue weighted by Crippen LogP contribution is 2.22. The van der Waals surface area contributed by atoms with Gasteiger partial charge in [-0.25, -0.2) is 9.67 Å². The van der Waals surface area contributed by atoms with Crippen molar-refractivity contribution in [2.24, 2.45) is 10.9 Å². The van der Waals surface area contributed by atoms with E-state index in [9.17, 15) is 0 Å². The number of nitrogens with zero attached hydrogens (tertiary/aromatic N) is 4. The van der Waals surface area contributed by atoms with Crippen LogP contribution in [0.2, 0.25) is 0 Å². The van der Waals surface area contributed by atoms with Crippen LogP contribution in [-0.2, 0) is 13.0 Å². The number of nitrogens with one attached hydrogen (secondary N) is 2. The minimum atomic E-state index is 0.369. The van der Waals surface area contributed by atoms with E-state index in [1.54, 1.807) is 0 Å². The summed E-state index contributed by atoms with van der Waals surface area (Å²) in [5.74, 6) is 6.77. The topological polar surface area (TPSA) is 67.1 Å². The Balaban J connectivity index is 1.58. The number of aliphatic imine (C=N–C) groups is 1. The van der Waals surface area contributed by atoms with Crippen molar-refractivity contribution in [2.45, 2.75) is 65.0 Å². The van der Waals surface area contributed by atoms with Crippen LogP contribution in [0.15, 0.2) is 4.99 Å². The first-order valence-electron chi connectivity index (χ1n) is 9.72. The van der Waals surface area contributed by atoms with Crippen LogP contribution in [0.1, 0.15) is 57.6 Å². The van der Waals surface area contributed by atoms with Crippen molar-refractivity contribution in [1.29, 1.82) is 0 Å². The third kappa shape index (κ3) is 5.12. The van der Waals surface area contributed by atoms with E-state index < -0.39 is 0 Å². The fourth-order valence-corrected chi connectivity index (χ4v) is 4.56. The number of aromatic nitrogens is 3. The molecule has 1 aromatic heterocycles. The molecule has 0 bridgehead atoms. The summed E-state index contributed by atoms with van der Waals surface area (Å²) in [4.78, 5) is 9.53. The van der Waals surface area contributed by atoms with E-state index in [-0.39, 0.29) is 0 Å². The molecule has 3 heterocycles. The van der Waals surface area contributed by atoms with E-state index in [1.807, 2.05) is 0 Å². The first kappa shape index (κ1) is 18.5. The molecule has 3 rings (SSSR count). The smallest absolute Gasteiger partial charge is 0.191 e. The van der Waals surface area contributed by atoms with Crippen molar-refractivity contribution in [1.82, 2.24) is 25.4 Å². The molecular weight excluding hydrogens is 332 g/mol. The van der Waals surface area contributed by atoms with Crippen molar-refractivity contribution in [3.8, 4) is 0 Å². The van der Waals surface area contributed by atoms with Gasteiger partial charge in [0.05, 0.1) is 6.54 Å². The van der Waals surface area contributed by atoms with Crippen molar-refractivity contribution in [2.75, 3.05) is 24.6 Å². The van der Waals surface area contributed by atoms with Crippen molar-refractivity contribution < 1.29 is 0 Å². The minimum absolute atomic E-state index is 0.369. The lowest BCUT2D eigenvalue weighted by molar-refractivity contribution is 0.391. The molecule has 7 heteroatoms. The van der Waals surface area contributed by atoms with Gasteiger partial charge in [0.25, 0.3) is 0 Å². The Kier molecular flexibility index (Phi) is 6.62. The van der Waals surface area contributed by atoms with Gasteiger partial charge in [-0.2, -0.15) is 16.9 Å². The summed E-state index contributed by atoms with van der Waals surface area (Å²) >= 11 is 2.07. The average molecular weight is 365 g/mol. The predicted octanol–water partition coefficient (Wildman–Crippen LogP) is 2.41. The summed E-state index contributed by atoms with van der Waals surface area (Å²) in [6.45, 7) is 9.13. The van der Waals surface area contributed by atoms with Crippen molar-refractivity contribution >= 4 is 17.7 Å². The lowest BCUT2D eigenvalue weighted by atomic mass is 10.0. The second-order valence-corrected chi connectivity index (χ2v) is 8.60. The fraction of sp³-hybridized carbons (Fsp3) is 0.833. The van der Waals surface area contributed by atoms with Crippen LogP contribution in [0.5, 0.6) is 0 Å². The molecule has 1 atom stereocenters. The highest BCUT2D eigenvalue weighted by molar-refractivity contribution is 7.99. The normalized spacial score (nSPS) is 22.1. The summed E-state index contributed by atoms with van der Waals surface area (Å²) in [5, 5.41) is 11.7. The first-order chi connectivity index (χ1) is 12.2. The van der Waals surface area contributed by atoms with E-state index >= 15 is 0 Å². The standard InChI is InChI=1S/C18H32N6S/c1-4-19-18(20-11-14-7-9-25-10-8-14)21-15-5-6-16-22-17(13(2)3)23-24(16)12-15/h13-15H,4-12H2,1-3H3,(H2,19,20,21). The van der Waals surface area contributed by atoms with E-state index in [0.29, 0.717) is 12.0 Å². The molecule has 2 aliphatic rings. The molecule has 2 aliphatic heterocycles. The van der Waals surface area contributed by atoms with Gasteiger partial charge in [-0.05, 0) is 43.6 Å². The minimum Gasteiger partial charge on any atom is -0.357 e. The second kappa shape index (κ2) is 8.92. The predicted molar refractivity (Wildman–Crippen MR) is 105 cm³/mol. The molecule has 1 unspecified atom stereocenters. The van der Waals surface area contributed by atoms with E-state index in [0.717, 1.165) is 56.0 Å². The zero-order valence-corrected chi connectivity index (χ0v) is 16.6. The molecule has 0 saturated carbocycles. The van der Waals surface area contributed by atoms with Crippen molar-refractivity contribution in [3.05, 3.63) is 11.6 Å². The van der Waals surface area contributed by atoms with Gasteiger partial charge < -0.3 is 10.6 Å². The highest BCUT2D eigenvalue weighted by atomic mass is 32.2. The first-order valence-corrected chi connectivity index (χ1v) is 10.9. The number of rotatable bonds is 5. The number of guanidine groups is 1. The van der Waals surface area contributed by atoms with Gasteiger partial charge in [-0.1, -0.05) is 13.8 Å². The zero-order chi connectivity index (χ0) is 17.6. The lowest BCUT2D eigenvalue weighted by Crippen LogP contribution is -2.47. The van der Waals surface area contributed by atoms with Gasteiger partial charge in [0, 0.05) is 31.5 Å². The van der Waals surface area contributed by atoms with Crippen LogP contribution >= 0.6 is 11.8 Å². The summed E-state index contributed by atoms with van der Waals surface area (Å²) in [6.07, 6.45) is 4.67. The Morgan fingerprint density at radius 2 is 2.12 bits per heavy atom. The molecule has 0 aliphatic carbocycles. The summed E-state index contributed by atoms with van der Waals surface area (Å²) in [6, 6.07) is 0.369. The maximum Gasteiger partial charge on any atom is 0.191 e. The maximum absolute atomic E-state index is 4.86. The Hall–Kier alpha value is -1.24. The zero-order valence-electron chi connectivity index (χ0n) is 15.8. The lowest BCUT2D eigenvalue weighted by Gasteiger charge is -2.26. The van der Waals surface area contributed by atoms with Crippen LogP contribution in [0.4, 0.5) is 0 Å². The Morgan fingerprint density at radius 3 is 2.84 bits per heavy atom. The van der Waals surface area contributed by atoms with Crippen LogP contribution in [0.25, 0.3) is 0 Å². The Labute approximate surface area is 155 Å². The molecule has 1 saturated heterocycles.